The summed E-state index contributed by atoms with van der Waals surface area (Å²) in [5.41, 5.74) is -2.00. The molecule has 0 N–H and O–H groups in total. The Bertz CT molecular complexity index is 466. The second-order valence-electron chi connectivity index (χ2n) is 6.66. The maximum Gasteiger partial charge on any atom is 0.345 e. The van der Waals surface area contributed by atoms with Crippen LogP contribution in [0.3, 0.4) is 0 Å². The molecule has 0 bridgehead atoms. The SMILES string of the molecule is CCCCCCC(C)(C)OC(=O)CC(C(=O)OC)P(=O)(OCC)OCC. The number of hydrogen-bond acceptors (Lipinski definition) is 7. The molecular formula is C18H35O7P. The molecule has 0 heterocycles. The molecule has 1 unspecified atom stereocenters. The number of rotatable bonds is 14. The molecule has 1 atom stereocenters. The van der Waals surface area contributed by atoms with Gasteiger partial charge in [-0.2, -0.15) is 0 Å². The topological polar surface area (TPSA) is 88.1 Å². The molecule has 0 saturated carbocycles. The molecule has 0 aromatic carbocycles. The second kappa shape index (κ2) is 12.5. The number of carbonyl (C=O) groups is 2. The van der Waals surface area contributed by atoms with Gasteiger partial charge < -0.3 is 18.5 Å². The van der Waals surface area contributed by atoms with E-state index in [2.05, 4.69) is 6.92 Å². The van der Waals surface area contributed by atoms with E-state index in [0.717, 1.165) is 32.1 Å². The van der Waals surface area contributed by atoms with E-state index in [9.17, 15) is 14.2 Å². The van der Waals surface area contributed by atoms with Crippen molar-refractivity contribution in [1.82, 2.24) is 0 Å². The third-order valence-electron chi connectivity index (χ3n) is 3.86. The molecule has 0 aromatic rings. The molecule has 8 heteroatoms. The van der Waals surface area contributed by atoms with E-state index < -0.39 is 37.2 Å². The molecule has 0 aliphatic heterocycles. The van der Waals surface area contributed by atoms with Gasteiger partial charge in [-0.1, -0.05) is 26.2 Å². The number of carbonyl (C=O) groups excluding carboxylic acids is 2. The third kappa shape index (κ3) is 9.15. The number of methoxy groups -OCH3 is 1. The van der Waals surface area contributed by atoms with Gasteiger partial charge in [0.25, 0.3) is 0 Å². The van der Waals surface area contributed by atoms with E-state index in [1.165, 1.54) is 7.11 Å². The molecular weight excluding hydrogens is 359 g/mol. The first-order valence-corrected chi connectivity index (χ1v) is 10.9. The fourth-order valence-corrected chi connectivity index (χ4v) is 4.46. The van der Waals surface area contributed by atoms with Gasteiger partial charge in [0.15, 0.2) is 5.66 Å². The number of hydrogen-bond donors (Lipinski definition) is 0. The van der Waals surface area contributed by atoms with Crippen molar-refractivity contribution < 1.29 is 32.7 Å². The van der Waals surface area contributed by atoms with Crippen molar-refractivity contribution in [3.8, 4) is 0 Å². The average molecular weight is 394 g/mol. The van der Waals surface area contributed by atoms with Crippen molar-refractivity contribution in [1.29, 1.82) is 0 Å². The van der Waals surface area contributed by atoms with Crippen LogP contribution < -0.4 is 0 Å². The molecule has 154 valence electrons. The van der Waals surface area contributed by atoms with Gasteiger partial charge in [0.2, 0.25) is 0 Å². The Hall–Kier alpha value is -0.910. The summed E-state index contributed by atoms with van der Waals surface area (Å²) in [5.74, 6) is -1.44. The summed E-state index contributed by atoms with van der Waals surface area (Å²) in [7, 11) is -2.66. The van der Waals surface area contributed by atoms with Crippen LogP contribution >= 0.6 is 7.60 Å². The van der Waals surface area contributed by atoms with E-state index >= 15 is 0 Å². The van der Waals surface area contributed by atoms with Crippen LogP contribution in [0.1, 0.15) is 73.1 Å². The first-order valence-electron chi connectivity index (χ1n) is 9.34. The molecule has 0 saturated heterocycles. The van der Waals surface area contributed by atoms with E-state index in [1.54, 1.807) is 13.8 Å². The second-order valence-corrected chi connectivity index (χ2v) is 8.88. The van der Waals surface area contributed by atoms with Crippen LogP contribution in [-0.4, -0.2) is 43.5 Å². The summed E-state index contributed by atoms with van der Waals surface area (Å²) < 4.78 is 33.5. The number of esters is 2. The lowest BCUT2D eigenvalue weighted by molar-refractivity contribution is -0.159. The van der Waals surface area contributed by atoms with E-state index in [1.807, 2.05) is 13.8 Å². The van der Waals surface area contributed by atoms with Gasteiger partial charge in [0, 0.05) is 0 Å². The van der Waals surface area contributed by atoms with Crippen LogP contribution in [0.15, 0.2) is 0 Å². The minimum atomic E-state index is -3.83. The number of unbranched alkanes of at least 4 members (excludes halogenated alkanes) is 3. The van der Waals surface area contributed by atoms with Crippen LogP contribution in [0, 0.1) is 0 Å². The Labute approximate surface area is 157 Å². The highest BCUT2D eigenvalue weighted by molar-refractivity contribution is 7.55. The Balaban J connectivity index is 5.02. The molecule has 0 rings (SSSR count). The highest BCUT2D eigenvalue weighted by atomic mass is 31.2. The average Bonchev–Trinajstić information content (AvgIpc) is 2.56. The summed E-state index contributed by atoms with van der Waals surface area (Å²) in [6.45, 7) is 9.23. The van der Waals surface area contributed by atoms with Crippen LogP contribution in [0.5, 0.6) is 0 Å². The minimum absolute atomic E-state index is 0.0861. The normalized spacial score (nSPS) is 13.3. The third-order valence-corrected chi connectivity index (χ3v) is 6.25. The molecule has 0 aliphatic carbocycles. The van der Waals surface area contributed by atoms with Crippen molar-refractivity contribution in [2.45, 2.75) is 84.4 Å². The monoisotopic (exact) mass is 394 g/mol. The zero-order valence-electron chi connectivity index (χ0n) is 17.0. The largest absolute Gasteiger partial charge is 0.468 e. The van der Waals surface area contributed by atoms with Gasteiger partial charge in [0.05, 0.1) is 26.7 Å². The Morgan fingerprint density at radius 3 is 2.04 bits per heavy atom. The van der Waals surface area contributed by atoms with Crippen LogP contribution in [0.25, 0.3) is 0 Å². The Kier molecular flexibility index (Phi) is 12.0. The lowest BCUT2D eigenvalue weighted by atomic mass is 10.00. The maximum atomic E-state index is 12.9. The summed E-state index contributed by atoms with van der Waals surface area (Å²) in [6, 6.07) is 0. The molecule has 0 radical (unpaired) electrons. The summed E-state index contributed by atoms with van der Waals surface area (Å²) in [6.07, 6.45) is 4.60. The lowest BCUT2D eigenvalue weighted by Gasteiger charge is -2.28. The zero-order valence-corrected chi connectivity index (χ0v) is 17.9. The van der Waals surface area contributed by atoms with E-state index in [4.69, 9.17) is 18.5 Å². The minimum Gasteiger partial charge on any atom is -0.468 e. The van der Waals surface area contributed by atoms with Gasteiger partial charge in [-0.05, 0) is 40.5 Å². The zero-order chi connectivity index (χ0) is 20.2. The Morgan fingerprint density at radius 1 is 1.00 bits per heavy atom. The van der Waals surface area contributed by atoms with E-state index in [0.29, 0.717) is 0 Å². The van der Waals surface area contributed by atoms with Crippen molar-refractivity contribution in [2.75, 3.05) is 20.3 Å². The smallest absolute Gasteiger partial charge is 0.345 e. The summed E-state index contributed by atoms with van der Waals surface area (Å²) in [5, 5.41) is 0. The molecule has 0 fully saturated rings. The molecule has 7 nitrogen and oxygen atoms in total. The highest BCUT2D eigenvalue weighted by Crippen LogP contribution is 2.54. The highest BCUT2D eigenvalue weighted by Gasteiger charge is 2.44. The van der Waals surface area contributed by atoms with Crippen LogP contribution in [0.2, 0.25) is 0 Å². The van der Waals surface area contributed by atoms with Gasteiger partial charge >= 0.3 is 19.5 Å². The summed E-state index contributed by atoms with van der Waals surface area (Å²) in [4.78, 5) is 24.5. The molecule has 0 aromatic heterocycles. The van der Waals surface area contributed by atoms with Crippen LogP contribution in [0.4, 0.5) is 0 Å². The fraction of sp³-hybridized carbons (Fsp3) is 0.889. The Morgan fingerprint density at radius 2 is 1.58 bits per heavy atom. The first kappa shape index (κ1) is 25.1. The van der Waals surface area contributed by atoms with Crippen molar-refractivity contribution in [2.24, 2.45) is 0 Å². The van der Waals surface area contributed by atoms with Gasteiger partial charge in [-0.15, -0.1) is 0 Å². The molecule has 26 heavy (non-hydrogen) atoms. The maximum absolute atomic E-state index is 12.9. The van der Waals surface area contributed by atoms with Crippen molar-refractivity contribution in [3.05, 3.63) is 0 Å². The molecule has 0 aliphatic rings. The van der Waals surface area contributed by atoms with Gasteiger partial charge in [-0.3, -0.25) is 14.2 Å². The van der Waals surface area contributed by atoms with Crippen molar-refractivity contribution in [3.63, 3.8) is 0 Å². The van der Waals surface area contributed by atoms with Crippen molar-refractivity contribution >= 4 is 19.5 Å². The van der Waals surface area contributed by atoms with Gasteiger partial charge in [-0.25, -0.2) is 0 Å². The summed E-state index contributed by atoms with van der Waals surface area (Å²) >= 11 is 0. The predicted molar refractivity (Wildman–Crippen MR) is 100 cm³/mol. The lowest BCUT2D eigenvalue weighted by Crippen LogP contribution is -2.33. The fourth-order valence-electron chi connectivity index (χ4n) is 2.57. The standard InChI is InChI=1S/C18H35O7P/c1-7-10-11-12-13-18(4,5)25-16(19)14-15(17(20)22-6)26(21,23-8-2)24-9-3/h15H,7-14H2,1-6H3. The van der Waals surface area contributed by atoms with Gasteiger partial charge in [0.1, 0.15) is 5.60 Å². The predicted octanol–water partition coefficient (Wildman–Crippen LogP) is 4.48. The molecule has 0 amide bonds. The first-order chi connectivity index (χ1) is 12.2. The number of ether oxygens (including phenoxy) is 2. The molecule has 0 spiro atoms. The van der Waals surface area contributed by atoms with E-state index in [-0.39, 0.29) is 13.2 Å². The quantitative estimate of drug-likeness (QED) is 0.244. The van der Waals surface area contributed by atoms with Crippen LogP contribution in [-0.2, 0) is 32.7 Å².